The van der Waals surface area contributed by atoms with Crippen LogP contribution in [0.4, 0.5) is 0 Å². The van der Waals surface area contributed by atoms with Crippen LogP contribution in [0.5, 0.6) is 0 Å². The largest absolute Gasteiger partial charge is 0.477 e. The summed E-state index contributed by atoms with van der Waals surface area (Å²) in [5.41, 5.74) is 0. The van der Waals surface area contributed by atoms with E-state index in [4.69, 9.17) is 17.0 Å². The van der Waals surface area contributed by atoms with Crippen molar-refractivity contribution in [2.75, 3.05) is 32.5 Å². The van der Waals surface area contributed by atoms with Crippen molar-refractivity contribution in [1.82, 2.24) is 4.90 Å². The van der Waals surface area contributed by atoms with Gasteiger partial charge >= 0.3 is 0 Å². The Bertz CT molecular complexity index is 126. The summed E-state index contributed by atoms with van der Waals surface area (Å²) in [5.74, 6) is 0. The minimum absolute atomic E-state index is 0.641. The molecule has 0 saturated heterocycles. The summed E-state index contributed by atoms with van der Waals surface area (Å²) in [6, 6.07) is 0. The molecular weight excluding hydrogens is 190 g/mol. The molecule has 0 amide bonds. The Morgan fingerprint density at radius 2 is 2.00 bits per heavy atom. The molecule has 0 aromatic carbocycles. The van der Waals surface area contributed by atoms with Crippen LogP contribution in [0.3, 0.4) is 0 Å². The second-order valence-electron chi connectivity index (χ2n) is 2.33. The summed E-state index contributed by atoms with van der Waals surface area (Å²) < 4.78 is 5.92. The van der Waals surface area contributed by atoms with Gasteiger partial charge in [-0.2, -0.15) is 0 Å². The zero-order valence-corrected chi connectivity index (χ0v) is 9.63. The van der Waals surface area contributed by atoms with Crippen LogP contribution in [0.2, 0.25) is 0 Å². The van der Waals surface area contributed by atoms with Gasteiger partial charge in [0.05, 0.1) is 0 Å². The highest BCUT2D eigenvalue weighted by atomic mass is 32.2. The Balaban J connectivity index is 3.34. The summed E-state index contributed by atoms with van der Waals surface area (Å²) >= 11 is 6.38. The predicted molar refractivity (Wildman–Crippen MR) is 59.9 cm³/mol. The molecule has 0 fully saturated rings. The van der Waals surface area contributed by atoms with Crippen LogP contribution in [0, 0.1) is 0 Å². The van der Waals surface area contributed by atoms with Crippen LogP contribution in [0.25, 0.3) is 0 Å². The van der Waals surface area contributed by atoms with Crippen LogP contribution in [-0.4, -0.2) is 41.8 Å². The molecule has 0 aromatic rings. The molecule has 0 aromatic heterocycles. The average molecular weight is 207 g/mol. The maximum atomic E-state index is 5.28. The monoisotopic (exact) mass is 207 g/mol. The molecule has 2 nitrogen and oxygen atoms in total. The normalized spacial score (nSPS) is 10.3. The molecule has 0 atom stereocenters. The summed E-state index contributed by atoms with van der Waals surface area (Å²) in [7, 11) is 0. The number of ether oxygens (including phenoxy) is 1. The van der Waals surface area contributed by atoms with Crippen LogP contribution >= 0.6 is 24.0 Å². The standard InChI is InChI=1S/C8H17NOS2/c1-4-9(5-2)6-7-10-8(11)12-3/h4-7H2,1-3H3. The predicted octanol–water partition coefficient (Wildman–Crippen LogP) is 1.99. The first-order chi connectivity index (χ1) is 5.74. The van der Waals surface area contributed by atoms with E-state index in [0.29, 0.717) is 11.0 Å². The number of rotatable bonds is 5. The minimum atomic E-state index is 0.641. The lowest BCUT2D eigenvalue weighted by Gasteiger charge is -2.17. The maximum Gasteiger partial charge on any atom is 0.219 e. The maximum absolute atomic E-state index is 5.28. The molecule has 0 aliphatic heterocycles. The van der Waals surface area contributed by atoms with Gasteiger partial charge < -0.3 is 9.64 Å². The van der Waals surface area contributed by atoms with Gasteiger partial charge in [-0.05, 0) is 31.6 Å². The van der Waals surface area contributed by atoms with Crippen LogP contribution < -0.4 is 0 Å². The van der Waals surface area contributed by atoms with Gasteiger partial charge in [-0.15, -0.1) is 0 Å². The van der Waals surface area contributed by atoms with Crippen molar-refractivity contribution in [2.24, 2.45) is 0 Å². The van der Waals surface area contributed by atoms with E-state index < -0.39 is 0 Å². The molecule has 0 unspecified atom stereocenters. The third-order valence-electron chi connectivity index (χ3n) is 1.69. The Morgan fingerprint density at radius 1 is 1.42 bits per heavy atom. The third kappa shape index (κ3) is 5.80. The highest BCUT2D eigenvalue weighted by Crippen LogP contribution is 1.99. The van der Waals surface area contributed by atoms with Crippen molar-refractivity contribution in [3.05, 3.63) is 0 Å². The van der Waals surface area contributed by atoms with Gasteiger partial charge in [-0.1, -0.05) is 25.6 Å². The molecule has 4 heteroatoms. The van der Waals surface area contributed by atoms with E-state index in [-0.39, 0.29) is 0 Å². The van der Waals surface area contributed by atoms with E-state index >= 15 is 0 Å². The lowest BCUT2D eigenvalue weighted by atomic mass is 10.5. The summed E-state index contributed by atoms with van der Waals surface area (Å²) in [6.07, 6.45) is 1.93. The van der Waals surface area contributed by atoms with Crippen molar-refractivity contribution >= 4 is 28.4 Å². The molecule has 0 bridgehead atoms. The molecule has 0 aliphatic rings. The molecule has 0 aliphatic carbocycles. The van der Waals surface area contributed by atoms with Crippen molar-refractivity contribution < 1.29 is 4.74 Å². The Morgan fingerprint density at radius 3 is 2.42 bits per heavy atom. The zero-order chi connectivity index (χ0) is 9.40. The van der Waals surface area contributed by atoms with Gasteiger partial charge in [-0.3, -0.25) is 0 Å². The first-order valence-corrected chi connectivity index (χ1v) is 5.81. The molecule has 12 heavy (non-hydrogen) atoms. The highest BCUT2D eigenvalue weighted by Gasteiger charge is 1.99. The molecule has 0 N–H and O–H groups in total. The Hall–Kier alpha value is 0.200. The van der Waals surface area contributed by atoms with Gasteiger partial charge in [0.1, 0.15) is 6.61 Å². The quantitative estimate of drug-likeness (QED) is 0.639. The number of likely N-dealkylation sites (N-methyl/N-ethyl adjacent to an activating group) is 1. The van der Waals surface area contributed by atoms with Gasteiger partial charge in [0, 0.05) is 6.54 Å². The lowest BCUT2D eigenvalue weighted by molar-refractivity contribution is 0.223. The Labute approximate surface area is 84.6 Å². The van der Waals surface area contributed by atoms with E-state index in [1.165, 1.54) is 11.8 Å². The van der Waals surface area contributed by atoms with Crippen molar-refractivity contribution in [2.45, 2.75) is 13.8 Å². The molecule has 0 radical (unpaired) electrons. The zero-order valence-electron chi connectivity index (χ0n) is 8.00. The molecular formula is C8H17NOS2. The molecule has 0 heterocycles. The number of nitrogens with zero attached hydrogens (tertiary/aromatic N) is 1. The SMILES string of the molecule is CCN(CC)CCOC(=S)SC. The molecule has 0 spiro atoms. The van der Waals surface area contributed by atoms with Gasteiger partial charge in [0.2, 0.25) is 4.38 Å². The smallest absolute Gasteiger partial charge is 0.219 e. The van der Waals surface area contributed by atoms with E-state index in [2.05, 4.69) is 18.7 Å². The number of hydrogen-bond donors (Lipinski definition) is 0. The van der Waals surface area contributed by atoms with Crippen molar-refractivity contribution in [3.8, 4) is 0 Å². The second-order valence-corrected chi connectivity index (χ2v) is 3.74. The van der Waals surface area contributed by atoms with E-state index in [0.717, 1.165) is 19.6 Å². The van der Waals surface area contributed by atoms with Gasteiger partial charge in [0.15, 0.2) is 0 Å². The van der Waals surface area contributed by atoms with Crippen LogP contribution in [0.15, 0.2) is 0 Å². The highest BCUT2D eigenvalue weighted by molar-refractivity contribution is 8.22. The van der Waals surface area contributed by atoms with E-state index in [1.54, 1.807) is 0 Å². The molecule has 72 valence electrons. The summed E-state index contributed by atoms with van der Waals surface area (Å²) in [6.45, 7) is 8.12. The fourth-order valence-electron chi connectivity index (χ4n) is 0.857. The second kappa shape index (κ2) is 7.83. The van der Waals surface area contributed by atoms with Gasteiger partial charge in [0.25, 0.3) is 0 Å². The third-order valence-corrected chi connectivity index (χ3v) is 2.76. The number of thiocarbonyl (C=S) groups is 1. The average Bonchev–Trinajstić information content (AvgIpc) is 2.12. The van der Waals surface area contributed by atoms with E-state index in [1.807, 2.05) is 6.26 Å². The summed E-state index contributed by atoms with van der Waals surface area (Å²) in [5, 5.41) is 0. The van der Waals surface area contributed by atoms with Gasteiger partial charge in [-0.25, -0.2) is 0 Å². The van der Waals surface area contributed by atoms with Crippen LogP contribution in [0.1, 0.15) is 13.8 Å². The van der Waals surface area contributed by atoms with Crippen molar-refractivity contribution in [3.63, 3.8) is 0 Å². The fraction of sp³-hybridized carbons (Fsp3) is 0.875. The lowest BCUT2D eigenvalue weighted by Crippen LogP contribution is -2.27. The summed E-state index contributed by atoms with van der Waals surface area (Å²) in [4.78, 5) is 2.31. The van der Waals surface area contributed by atoms with Crippen LogP contribution in [-0.2, 0) is 4.74 Å². The number of hydrogen-bond acceptors (Lipinski definition) is 4. The molecule has 0 rings (SSSR count). The van der Waals surface area contributed by atoms with E-state index in [9.17, 15) is 0 Å². The Kier molecular flexibility index (Phi) is 7.96. The van der Waals surface area contributed by atoms with Crippen molar-refractivity contribution in [1.29, 1.82) is 0 Å². The first kappa shape index (κ1) is 12.2. The minimum Gasteiger partial charge on any atom is -0.477 e. The topological polar surface area (TPSA) is 12.5 Å². The number of thioether (sulfide) groups is 1. The fourth-order valence-corrected chi connectivity index (χ4v) is 1.14. The first-order valence-electron chi connectivity index (χ1n) is 4.17. The molecule has 0 saturated carbocycles.